The van der Waals surface area contributed by atoms with E-state index < -0.39 is 17.4 Å². The van der Waals surface area contributed by atoms with E-state index in [-0.39, 0.29) is 24.5 Å². The molecule has 1 aliphatic heterocycles. The number of nitrogens with one attached hydrogen (secondary N) is 2. The van der Waals surface area contributed by atoms with Gasteiger partial charge in [-0.25, -0.2) is 5.48 Å². The van der Waals surface area contributed by atoms with Gasteiger partial charge in [0.15, 0.2) is 11.5 Å². The van der Waals surface area contributed by atoms with Crippen LogP contribution < -0.4 is 25.8 Å². The number of ether oxygens (including phenoxy) is 2. The van der Waals surface area contributed by atoms with Gasteiger partial charge in [-0.1, -0.05) is 12.1 Å². The summed E-state index contributed by atoms with van der Waals surface area (Å²) in [7, 11) is 0. The van der Waals surface area contributed by atoms with Gasteiger partial charge in [0.05, 0.1) is 6.54 Å². The maximum absolute atomic E-state index is 12.8. The zero-order valence-electron chi connectivity index (χ0n) is 15.6. The Morgan fingerprint density at radius 2 is 1.77 bits per heavy atom. The van der Waals surface area contributed by atoms with Gasteiger partial charge in [-0.3, -0.25) is 19.6 Å². The first-order valence-corrected chi connectivity index (χ1v) is 8.99. The van der Waals surface area contributed by atoms with Gasteiger partial charge in [0.1, 0.15) is 5.56 Å². The smallest absolute Gasteiger partial charge is 0.274 e. The average molecular weight is 407 g/mol. The number of hydrogen-bond donors (Lipinski definition) is 3. The predicted octanol–water partition coefficient (Wildman–Crippen LogP) is 2.00. The Hall–Kier alpha value is -4.11. The summed E-state index contributed by atoms with van der Waals surface area (Å²) < 4.78 is 11.9. The quantitative estimate of drug-likeness (QED) is 0.440. The normalized spacial score (nSPS) is 11.8. The number of nitrogens with zero attached hydrogens (tertiary/aromatic N) is 1. The molecule has 2 aromatic carbocycles. The van der Waals surface area contributed by atoms with Gasteiger partial charge in [0, 0.05) is 23.5 Å². The molecule has 0 saturated heterocycles. The van der Waals surface area contributed by atoms with Crippen molar-refractivity contribution < 1.29 is 24.3 Å². The second-order valence-corrected chi connectivity index (χ2v) is 6.51. The van der Waals surface area contributed by atoms with Crippen LogP contribution in [0.4, 0.5) is 5.69 Å². The molecule has 152 valence electrons. The fourth-order valence-electron chi connectivity index (χ4n) is 3.03. The van der Waals surface area contributed by atoms with Crippen molar-refractivity contribution in [1.82, 2.24) is 10.0 Å². The molecule has 30 heavy (non-hydrogen) atoms. The molecule has 2 amide bonds. The maximum atomic E-state index is 12.8. The van der Waals surface area contributed by atoms with E-state index in [9.17, 15) is 14.4 Å². The van der Waals surface area contributed by atoms with Gasteiger partial charge in [-0.15, -0.1) is 0 Å². The van der Waals surface area contributed by atoms with Crippen molar-refractivity contribution in [1.29, 1.82) is 0 Å². The topological polar surface area (TPSA) is 119 Å². The molecule has 1 aromatic heterocycles. The summed E-state index contributed by atoms with van der Waals surface area (Å²) in [6.45, 7) is 0.340. The summed E-state index contributed by atoms with van der Waals surface area (Å²) in [4.78, 5) is 36.8. The van der Waals surface area contributed by atoms with Gasteiger partial charge in [0.2, 0.25) is 6.79 Å². The zero-order valence-corrected chi connectivity index (χ0v) is 15.6. The van der Waals surface area contributed by atoms with Crippen LogP contribution in [0.5, 0.6) is 11.5 Å². The number of aromatic nitrogens is 1. The third-order valence-corrected chi connectivity index (χ3v) is 4.57. The van der Waals surface area contributed by atoms with E-state index in [4.69, 9.17) is 14.7 Å². The van der Waals surface area contributed by atoms with Crippen molar-refractivity contribution >= 4 is 17.5 Å². The number of pyridine rings is 1. The molecule has 3 N–H and O–H groups in total. The molecule has 3 aromatic rings. The van der Waals surface area contributed by atoms with Crippen molar-refractivity contribution in [2.24, 2.45) is 0 Å². The molecular formula is C21H17N3O6. The molecule has 9 heteroatoms. The van der Waals surface area contributed by atoms with Crippen LogP contribution in [-0.4, -0.2) is 28.4 Å². The van der Waals surface area contributed by atoms with E-state index in [1.165, 1.54) is 22.8 Å². The first kappa shape index (κ1) is 19.2. The Morgan fingerprint density at radius 3 is 2.53 bits per heavy atom. The van der Waals surface area contributed by atoms with Crippen LogP contribution in [-0.2, 0) is 6.54 Å². The molecule has 0 unspecified atom stereocenters. The molecule has 4 rings (SSSR count). The highest BCUT2D eigenvalue weighted by Gasteiger charge is 2.16. The third kappa shape index (κ3) is 3.87. The molecule has 0 atom stereocenters. The number of rotatable bonds is 5. The van der Waals surface area contributed by atoms with Gasteiger partial charge in [-0.05, 0) is 42.0 Å². The molecule has 0 spiro atoms. The van der Waals surface area contributed by atoms with E-state index in [1.54, 1.807) is 48.1 Å². The molecule has 0 bridgehead atoms. The van der Waals surface area contributed by atoms with Crippen molar-refractivity contribution in [2.45, 2.75) is 6.54 Å². The van der Waals surface area contributed by atoms with Gasteiger partial charge in [-0.2, -0.15) is 0 Å². The lowest BCUT2D eigenvalue weighted by molar-refractivity contribution is 0.0706. The van der Waals surface area contributed by atoms with Crippen molar-refractivity contribution in [3.8, 4) is 11.5 Å². The fourth-order valence-corrected chi connectivity index (χ4v) is 3.03. The lowest BCUT2D eigenvalue weighted by Crippen LogP contribution is -2.29. The summed E-state index contributed by atoms with van der Waals surface area (Å²) in [5.41, 5.74) is 2.62. The lowest BCUT2D eigenvalue weighted by atomic mass is 10.1. The molecule has 0 radical (unpaired) electrons. The van der Waals surface area contributed by atoms with Gasteiger partial charge in [0.25, 0.3) is 17.4 Å². The van der Waals surface area contributed by atoms with E-state index in [0.29, 0.717) is 17.2 Å². The van der Waals surface area contributed by atoms with Gasteiger partial charge < -0.3 is 19.4 Å². The second-order valence-electron chi connectivity index (χ2n) is 6.51. The van der Waals surface area contributed by atoms with Crippen LogP contribution in [0.3, 0.4) is 0 Å². The maximum Gasteiger partial charge on any atom is 0.274 e. The van der Waals surface area contributed by atoms with Crippen LogP contribution in [0.15, 0.2) is 65.6 Å². The molecule has 0 saturated carbocycles. The minimum absolute atomic E-state index is 0.00792. The Bertz CT molecular complexity index is 1170. The summed E-state index contributed by atoms with van der Waals surface area (Å²) in [5, 5.41) is 11.4. The van der Waals surface area contributed by atoms with Crippen molar-refractivity contribution in [2.75, 3.05) is 12.1 Å². The Labute approximate surface area is 170 Å². The van der Waals surface area contributed by atoms with Gasteiger partial charge >= 0.3 is 0 Å². The molecule has 0 aliphatic carbocycles. The number of carbonyl (C=O) groups is 2. The highest BCUT2D eigenvalue weighted by atomic mass is 16.7. The molecule has 1 aliphatic rings. The highest BCUT2D eigenvalue weighted by molar-refractivity contribution is 6.04. The third-order valence-electron chi connectivity index (χ3n) is 4.57. The highest BCUT2D eigenvalue weighted by Crippen LogP contribution is 2.34. The Morgan fingerprint density at radius 1 is 1.00 bits per heavy atom. The Kier molecular flexibility index (Phi) is 5.19. The predicted molar refractivity (Wildman–Crippen MR) is 106 cm³/mol. The minimum Gasteiger partial charge on any atom is -0.454 e. The standard InChI is InChI=1S/C21H17N3O6/c25-19(23-28)14-5-3-13(4-6-14)11-24-9-1-2-16(21(24)27)20(26)22-15-7-8-17-18(10-15)30-12-29-17/h1-10,28H,11-12H2,(H,22,26)(H,23,25). The van der Waals surface area contributed by atoms with Crippen LogP contribution >= 0.6 is 0 Å². The molecular weight excluding hydrogens is 390 g/mol. The number of carbonyl (C=O) groups excluding carboxylic acids is 2. The fraction of sp³-hybridized carbons (Fsp3) is 0.0952. The first-order valence-electron chi connectivity index (χ1n) is 8.99. The number of benzene rings is 2. The van der Waals surface area contributed by atoms with Crippen molar-refractivity contribution in [3.63, 3.8) is 0 Å². The summed E-state index contributed by atoms with van der Waals surface area (Å²) in [6, 6.07) is 14.4. The number of fused-ring (bicyclic) bond motifs is 1. The van der Waals surface area contributed by atoms with E-state index in [1.807, 2.05) is 0 Å². The van der Waals surface area contributed by atoms with Crippen molar-refractivity contribution in [3.05, 3.63) is 87.8 Å². The van der Waals surface area contributed by atoms with E-state index >= 15 is 0 Å². The van der Waals surface area contributed by atoms with E-state index in [0.717, 1.165) is 5.56 Å². The van der Waals surface area contributed by atoms with E-state index in [2.05, 4.69) is 5.32 Å². The second kappa shape index (κ2) is 8.10. The minimum atomic E-state index is -0.624. The largest absolute Gasteiger partial charge is 0.454 e. The molecule has 2 heterocycles. The Balaban J connectivity index is 1.51. The summed E-state index contributed by atoms with van der Waals surface area (Å²) >= 11 is 0. The van der Waals surface area contributed by atoms with Crippen LogP contribution in [0.25, 0.3) is 0 Å². The summed E-state index contributed by atoms with van der Waals surface area (Å²) in [5.74, 6) is -0.0433. The molecule has 9 nitrogen and oxygen atoms in total. The molecule has 0 fully saturated rings. The SMILES string of the molecule is O=C(NO)c1ccc(Cn2cccc(C(=O)Nc3ccc4c(c3)OCO4)c2=O)cc1. The summed E-state index contributed by atoms with van der Waals surface area (Å²) in [6.07, 6.45) is 1.58. The number of amides is 2. The van der Waals surface area contributed by atoms with Crippen LogP contribution in [0.2, 0.25) is 0 Å². The zero-order chi connectivity index (χ0) is 21.1. The number of hydroxylamine groups is 1. The monoisotopic (exact) mass is 407 g/mol. The lowest BCUT2D eigenvalue weighted by Gasteiger charge is -2.10. The van der Waals surface area contributed by atoms with Crippen LogP contribution in [0.1, 0.15) is 26.3 Å². The average Bonchev–Trinajstić information content (AvgIpc) is 3.23. The van der Waals surface area contributed by atoms with Crippen LogP contribution in [0, 0.1) is 0 Å². The number of hydrogen-bond acceptors (Lipinski definition) is 6. The first-order chi connectivity index (χ1) is 14.5. The number of anilines is 1.